The summed E-state index contributed by atoms with van der Waals surface area (Å²) in [6.07, 6.45) is 6.74. The van der Waals surface area contributed by atoms with Crippen LogP contribution in [0.3, 0.4) is 0 Å². The Labute approximate surface area is 155 Å². The Morgan fingerprint density at radius 1 is 1.19 bits per heavy atom. The molecule has 2 heterocycles. The molecule has 0 aromatic heterocycles. The number of carbonyl (C=O) groups is 2. The van der Waals surface area contributed by atoms with E-state index in [2.05, 4.69) is 22.3 Å². The fourth-order valence-corrected chi connectivity index (χ4v) is 4.43. The fraction of sp³-hybridized carbons (Fsp3) is 0.619. The summed E-state index contributed by atoms with van der Waals surface area (Å²) in [5, 5.41) is 3.02. The normalized spacial score (nSPS) is 24.1. The van der Waals surface area contributed by atoms with Crippen LogP contribution in [0.5, 0.6) is 0 Å². The standard InChI is InChI=1S/C21H29N3O2/c1-23-14-15(11-20(23)25)13-22-21(26)18-6-5-16-7-9-24(19-3-2-4-19)10-8-17(16)12-18/h5-6,12,15,19H,2-4,7-11,13-14H2,1H3,(H,22,26). The van der Waals surface area contributed by atoms with Crippen LogP contribution in [-0.2, 0) is 17.6 Å². The molecule has 3 aliphatic rings. The van der Waals surface area contributed by atoms with Gasteiger partial charge in [-0.05, 0) is 48.9 Å². The molecule has 1 N–H and O–H groups in total. The van der Waals surface area contributed by atoms with E-state index in [1.807, 2.05) is 13.1 Å². The summed E-state index contributed by atoms with van der Waals surface area (Å²) < 4.78 is 0. The Balaban J connectivity index is 1.35. The second kappa shape index (κ2) is 7.39. The SMILES string of the molecule is CN1CC(CNC(=O)c2ccc3c(c2)CCN(C2CCC2)CC3)CC1=O. The molecule has 5 nitrogen and oxygen atoms in total. The van der Waals surface area contributed by atoms with Crippen molar-refractivity contribution in [1.82, 2.24) is 15.1 Å². The number of nitrogens with zero attached hydrogens (tertiary/aromatic N) is 2. The third-order valence-electron chi connectivity index (χ3n) is 6.37. The Morgan fingerprint density at radius 2 is 1.96 bits per heavy atom. The van der Waals surface area contributed by atoms with Crippen LogP contribution >= 0.6 is 0 Å². The van der Waals surface area contributed by atoms with Gasteiger partial charge in [0.15, 0.2) is 0 Å². The van der Waals surface area contributed by atoms with E-state index in [0.29, 0.717) is 13.0 Å². The number of hydrogen-bond acceptors (Lipinski definition) is 3. The summed E-state index contributed by atoms with van der Waals surface area (Å²) in [4.78, 5) is 28.5. The van der Waals surface area contributed by atoms with Crippen molar-refractivity contribution in [2.45, 2.75) is 44.6 Å². The first-order valence-corrected chi connectivity index (χ1v) is 9.98. The molecule has 2 aliphatic heterocycles. The second-order valence-corrected chi connectivity index (χ2v) is 8.16. The van der Waals surface area contributed by atoms with Crippen LogP contribution in [0.4, 0.5) is 0 Å². The molecule has 2 fully saturated rings. The van der Waals surface area contributed by atoms with Gasteiger partial charge in [-0.2, -0.15) is 0 Å². The maximum atomic E-state index is 12.5. The highest BCUT2D eigenvalue weighted by atomic mass is 16.2. The van der Waals surface area contributed by atoms with Gasteiger partial charge in [-0.25, -0.2) is 0 Å². The topological polar surface area (TPSA) is 52.7 Å². The average molecular weight is 355 g/mol. The zero-order chi connectivity index (χ0) is 18.1. The first-order valence-electron chi connectivity index (χ1n) is 9.98. The third-order valence-corrected chi connectivity index (χ3v) is 6.37. The molecule has 0 radical (unpaired) electrons. The molecule has 26 heavy (non-hydrogen) atoms. The minimum Gasteiger partial charge on any atom is -0.352 e. The van der Waals surface area contributed by atoms with E-state index in [-0.39, 0.29) is 17.7 Å². The van der Waals surface area contributed by atoms with Crippen molar-refractivity contribution in [3.63, 3.8) is 0 Å². The van der Waals surface area contributed by atoms with Crippen molar-refractivity contribution in [2.24, 2.45) is 5.92 Å². The lowest BCUT2D eigenvalue weighted by Gasteiger charge is -2.36. The van der Waals surface area contributed by atoms with E-state index in [0.717, 1.165) is 44.1 Å². The largest absolute Gasteiger partial charge is 0.352 e. The predicted octanol–water partition coefficient (Wildman–Crippen LogP) is 1.85. The minimum absolute atomic E-state index is 0.0186. The van der Waals surface area contributed by atoms with Crippen LogP contribution in [-0.4, -0.2) is 60.9 Å². The van der Waals surface area contributed by atoms with Crippen molar-refractivity contribution in [2.75, 3.05) is 33.2 Å². The molecule has 1 saturated heterocycles. The highest BCUT2D eigenvalue weighted by Crippen LogP contribution is 2.27. The van der Waals surface area contributed by atoms with Crippen LogP contribution < -0.4 is 5.32 Å². The van der Waals surface area contributed by atoms with Crippen LogP contribution in [0.1, 0.15) is 47.2 Å². The molecule has 140 valence electrons. The van der Waals surface area contributed by atoms with Gasteiger partial charge in [0, 0.05) is 57.2 Å². The number of amides is 2. The summed E-state index contributed by atoms with van der Waals surface area (Å²) in [6.45, 7) is 3.56. The number of benzene rings is 1. The van der Waals surface area contributed by atoms with E-state index in [1.54, 1.807) is 4.90 Å². The zero-order valence-electron chi connectivity index (χ0n) is 15.7. The molecule has 1 aromatic rings. The lowest BCUT2D eigenvalue weighted by molar-refractivity contribution is -0.126. The number of nitrogens with one attached hydrogen (secondary N) is 1. The molecule has 4 rings (SSSR count). The van der Waals surface area contributed by atoms with E-state index in [1.165, 1.54) is 30.4 Å². The van der Waals surface area contributed by atoms with Crippen LogP contribution in [0, 0.1) is 5.92 Å². The maximum absolute atomic E-state index is 12.5. The molecule has 0 spiro atoms. The first-order chi connectivity index (χ1) is 12.6. The van der Waals surface area contributed by atoms with Crippen molar-refractivity contribution in [1.29, 1.82) is 0 Å². The molecular weight excluding hydrogens is 326 g/mol. The number of likely N-dealkylation sites (tertiary alicyclic amines) is 1. The predicted molar refractivity (Wildman–Crippen MR) is 101 cm³/mol. The highest BCUT2D eigenvalue weighted by molar-refractivity contribution is 5.94. The number of hydrogen-bond donors (Lipinski definition) is 1. The lowest BCUT2D eigenvalue weighted by atomic mass is 9.91. The van der Waals surface area contributed by atoms with E-state index < -0.39 is 0 Å². The minimum atomic E-state index is -0.0186. The summed E-state index contributed by atoms with van der Waals surface area (Å²) in [5.41, 5.74) is 3.47. The van der Waals surface area contributed by atoms with E-state index >= 15 is 0 Å². The molecule has 1 saturated carbocycles. The molecule has 5 heteroatoms. The van der Waals surface area contributed by atoms with Crippen LogP contribution in [0.15, 0.2) is 18.2 Å². The Morgan fingerprint density at radius 3 is 2.62 bits per heavy atom. The molecule has 1 unspecified atom stereocenters. The quantitative estimate of drug-likeness (QED) is 0.897. The van der Waals surface area contributed by atoms with Gasteiger partial charge in [0.2, 0.25) is 5.91 Å². The van der Waals surface area contributed by atoms with Gasteiger partial charge in [0.05, 0.1) is 0 Å². The summed E-state index contributed by atoms with van der Waals surface area (Å²) in [5.74, 6) is 0.383. The van der Waals surface area contributed by atoms with Gasteiger partial charge in [0.1, 0.15) is 0 Å². The van der Waals surface area contributed by atoms with Crippen LogP contribution in [0.25, 0.3) is 0 Å². The first kappa shape index (κ1) is 17.5. The van der Waals surface area contributed by atoms with Crippen molar-refractivity contribution >= 4 is 11.8 Å². The maximum Gasteiger partial charge on any atom is 0.251 e. The molecule has 1 aliphatic carbocycles. The van der Waals surface area contributed by atoms with Gasteiger partial charge in [-0.15, -0.1) is 0 Å². The van der Waals surface area contributed by atoms with Crippen molar-refractivity contribution in [3.05, 3.63) is 34.9 Å². The zero-order valence-corrected chi connectivity index (χ0v) is 15.7. The Bertz CT molecular complexity index is 698. The Kier molecular flexibility index (Phi) is 4.98. The van der Waals surface area contributed by atoms with Gasteiger partial charge in [-0.3, -0.25) is 14.5 Å². The second-order valence-electron chi connectivity index (χ2n) is 8.16. The smallest absolute Gasteiger partial charge is 0.251 e. The molecule has 2 amide bonds. The molecule has 1 aromatic carbocycles. The fourth-order valence-electron chi connectivity index (χ4n) is 4.43. The van der Waals surface area contributed by atoms with Gasteiger partial charge < -0.3 is 10.2 Å². The number of rotatable bonds is 4. The summed E-state index contributed by atoms with van der Waals surface area (Å²) in [7, 11) is 1.82. The van der Waals surface area contributed by atoms with Crippen molar-refractivity contribution < 1.29 is 9.59 Å². The van der Waals surface area contributed by atoms with Gasteiger partial charge in [-0.1, -0.05) is 12.5 Å². The molecule has 1 atom stereocenters. The molecular formula is C21H29N3O2. The monoisotopic (exact) mass is 355 g/mol. The van der Waals surface area contributed by atoms with E-state index in [4.69, 9.17) is 0 Å². The summed E-state index contributed by atoms with van der Waals surface area (Å²) >= 11 is 0. The van der Waals surface area contributed by atoms with Gasteiger partial charge in [0.25, 0.3) is 5.91 Å². The lowest BCUT2D eigenvalue weighted by Crippen LogP contribution is -2.41. The third kappa shape index (κ3) is 3.63. The highest BCUT2D eigenvalue weighted by Gasteiger charge is 2.28. The number of carbonyl (C=O) groups excluding carboxylic acids is 2. The molecule has 0 bridgehead atoms. The average Bonchev–Trinajstić information content (AvgIpc) is 2.79. The van der Waals surface area contributed by atoms with Crippen molar-refractivity contribution in [3.8, 4) is 0 Å². The van der Waals surface area contributed by atoms with E-state index in [9.17, 15) is 9.59 Å². The summed E-state index contributed by atoms with van der Waals surface area (Å²) in [6, 6.07) is 6.97. The van der Waals surface area contributed by atoms with Crippen LogP contribution in [0.2, 0.25) is 0 Å². The van der Waals surface area contributed by atoms with Gasteiger partial charge >= 0.3 is 0 Å². The Hall–Kier alpha value is -1.88. The number of fused-ring (bicyclic) bond motifs is 1.